The standard InChI is InChI=1S/C25H32N4O4S/c1-16(2)14-29-24(18(4)33-20-9-7-8-19(13-20)31-5)27-28-25(29)34-15-23(30)26-21-12-17(3)10-11-22(21)32-6/h7-13,16,18H,14-15H2,1-6H3,(H,26,30). The van der Waals surface area contributed by atoms with Crippen molar-refractivity contribution < 1.29 is 19.0 Å². The summed E-state index contributed by atoms with van der Waals surface area (Å²) in [5.74, 6) is 3.15. The number of hydrogen-bond acceptors (Lipinski definition) is 7. The van der Waals surface area contributed by atoms with E-state index in [0.29, 0.717) is 40.6 Å². The molecule has 0 radical (unpaired) electrons. The van der Waals surface area contributed by atoms with E-state index in [4.69, 9.17) is 14.2 Å². The van der Waals surface area contributed by atoms with Crippen LogP contribution in [-0.4, -0.2) is 40.6 Å². The molecule has 3 rings (SSSR count). The molecule has 3 aromatic rings. The number of anilines is 1. The van der Waals surface area contributed by atoms with Gasteiger partial charge in [0.1, 0.15) is 17.2 Å². The second kappa shape index (κ2) is 11.8. The maximum absolute atomic E-state index is 12.7. The van der Waals surface area contributed by atoms with Crippen LogP contribution in [0.1, 0.15) is 38.3 Å². The normalized spacial score (nSPS) is 11.9. The summed E-state index contributed by atoms with van der Waals surface area (Å²) < 4.78 is 18.8. The molecule has 1 atom stereocenters. The monoisotopic (exact) mass is 484 g/mol. The molecule has 8 nitrogen and oxygen atoms in total. The average Bonchev–Trinajstić information content (AvgIpc) is 3.19. The molecule has 0 saturated heterocycles. The first-order valence-corrected chi connectivity index (χ1v) is 12.1. The quantitative estimate of drug-likeness (QED) is 0.378. The highest BCUT2D eigenvalue weighted by molar-refractivity contribution is 7.99. The molecule has 1 amide bonds. The third-order valence-electron chi connectivity index (χ3n) is 4.97. The predicted octanol–water partition coefficient (Wildman–Crippen LogP) is 5.13. The Labute approximate surface area is 205 Å². The third kappa shape index (κ3) is 6.66. The van der Waals surface area contributed by atoms with E-state index >= 15 is 0 Å². The summed E-state index contributed by atoms with van der Waals surface area (Å²) in [6.45, 7) is 8.87. The molecule has 182 valence electrons. The van der Waals surface area contributed by atoms with Crippen molar-refractivity contribution in [3.05, 3.63) is 53.9 Å². The van der Waals surface area contributed by atoms with Gasteiger partial charge in [0.25, 0.3) is 0 Å². The van der Waals surface area contributed by atoms with Gasteiger partial charge in [0.05, 0.1) is 25.7 Å². The minimum atomic E-state index is -0.335. The van der Waals surface area contributed by atoms with Gasteiger partial charge in [-0.05, 0) is 49.6 Å². The Kier molecular flexibility index (Phi) is 8.81. The van der Waals surface area contributed by atoms with E-state index in [-0.39, 0.29) is 17.8 Å². The van der Waals surface area contributed by atoms with E-state index in [1.807, 2.05) is 60.9 Å². The molecule has 0 saturated carbocycles. The van der Waals surface area contributed by atoms with Gasteiger partial charge in [-0.1, -0.05) is 37.7 Å². The number of thioether (sulfide) groups is 1. The van der Waals surface area contributed by atoms with Crippen LogP contribution in [0.25, 0.3) is 0 Å². The number of rotatable bonds is 11. The van der Waals surface area contributed by atoms with Crippen molar-refractivity contribution in [1.82, 2.24) is 14.8 Å². The number of aromatic nitrogens is 3. The van der Waals surface area contributed by atoms with Crippen molar-refractivity contribution in [3.63, 3.8) is 0 Å². The molecule has 1 N–H and O–H groups in total. The summed E-state index contributed by atoms with van der Waals surface area (Å²) in [6.07, 6.45) is -0.335. The van der Waals surface area contributed by atoms with Crippen molar-refractivity contribution in [3.8, 4) is 17.2 Å². The van der Waals surface area contributed by atoms with Crippen molar-refractivity contribution in [2.24, 2.45) is 5.92 Å². The molecule has 0 bridgehead atoms. The van der Waals surface area contributed by atoms with E-state index in [1.54, 1.807) is 14.2 Å². The van der Waals surface area contributed by atoms with Crippen molar-refractivity contribution in [2.75, 3.05) is 25.3 Å². The molecule has 1 aromatic heterocycles. The van der Waals surface area contributed by atoms with Gasteiger partial charge >= 0.3 is 0 Å². The molecule has 34 heavy (non-hydrogen) atoms. The number of hydrogen-bond donors (Lipinski definition) is 1. The van der Waals surface area contributed by atoms with Crippen LogP contribution < -0.4 is 19.5 Å². The molecule has 0 spiro atoms. The fourth-order valence-electron chi connectivity index (χ4n) is 3.41. The molecule has 1 heterocycles. The van der Waals surface area contributed by atoms with Crippen LogP contribution in [0.2, 0.25) is 0 Å². The number of carbonyl (C=O) groups is 1. The van der Waals surface area contributed by atoms with Gasteiger partial charge in [0.2, 0.25) is 5.91 Å². The molecule has 0 aliphatic heterocycles. The van der Waals surface area contributed by atoms with E-state index < -0.39 is 0 Å². The largest absolute Gasteiger partial charge is 0.497 e. The SMILES string of the molecule is COc1cccc(OC(C)c2nnc(SCC(=O)Nc3cc(C)ccc3OC)n2CC(C)C)c1. The van der Waals surface area contributed by atoms with Gasteiger partial charge in [-0.15, -0.1) is 10.2 Å². The van der Waals surface area contributed by atoms with Crippen LogP contribution in [0.3, 0.4) is 0 Å². The molecule has 0 fully saturated rings. The molecular weight excluding hydrogens is 452 g/mol. The summed E-state index contributed by atoms with van der Waals surface area (Å²) in [5, 5.41) is 12.4. The Morgan fingerprint density at radius 1 is 1.06 bits per heavy atom. The molecule has 1 unspecified atom stereocenters. The van der Waals surface area contributed by atoms with Crippen LogP contribution in [0.4, 0.5) is 5.69 Å². The van der Waals surface area contributed by atoms with Gasteiger partial charge in [-0.2, -0.15) is 0 Å². The van der Waals surface area contributed by atoms with Gasteiger partial charge < -0.3 is 24.1 Å². The smallest absolute Gasteiger partial charge is 0.234 e. The summed E-state index contributed by atoms with van der Waals surface area (Å²) in [5.41, 5.74) is 1.69. The lowest BCUT2D eigenvalue weighted by atomic mass is 10.2. The van der Waals surface area contributed by atoms with E-state index in [0.717, 1.165) is 11.3 Å². The zero-order valence-corrected chi connectivity index (χ0v) is 21.3. The van der Waals surface area contributed by atoms with E-state index in [1.165, 1.54) is 11.8 Å². The Morgan fingerprint density at radius 2 is 1.82 bits per heavy atom. The number of methoxy groups -OCH3 is 2. The molecule has 0 aliphatic rings. The highest BCUT2D eigenvalue weighted by atomic mass is 32.2. The van der Waals surface area contributed by atoms with Crippen LogP contribution >= 0.6 is 11.8 Å². The van der Waals surface area contributed by atoms with E-state index in [2.05, 4.69) is 29.4 Å². The highest BCUT2D eigenvalue weighted by Crippen LogP contribution is 2.28. The molecule has 9 heteroatoms. The van der Waals surface area contributed by atoms with Gasteiger partial charge in [0.15, 0.2) is 17.1 Å². The van der Waals surface area contributed by atoms with Crippen LogP contribution in [-0.2, 0) is 11.3 Å². The Morgan fingerprint density at radius 3 is 2.53 bits per heavy atom. The van der Waals surface area contributed by atoms with E-state index in [9.17, 15) is 4.79 Å². The van der Waals surface area contributed by atoms with Crippen LogP contribution in [0, 0.1) is 12.8 Å². The molecule has 2 aromatic carbocycles. The number of carbonyl (C=O) groups excluding carboxylic acids is 1. The predicted molar refractivity (Wildman–Crippen MR) is 134 cm³/mol. The van der Waals surface area contributed by atoms with Crippen molar-refractivity contribution in [1.29, 1.82) is 0 Å². The zero-order chi connectivity index (χ0) is 24.7. The van der Waals surface area contributed by atoms with Gasteiger partial charge in [0, 0.05) is 12.6 Å². The lowest BCUT2D eigenvalue weighted by Crippen LogP contribution is -2.17. The summed E-state index contributed by atoms with van der Waals surface area (Å²) in [7, 11) is 3.20. The number of benzene rings is 2. The molecular formula is C25H32N4O4S. The maximum atomic E-state index is 12.7. The second-order valence-electron chi connectivity index (χ2n) is 8.32. The van der Waals surface area contributed by atoms with Crippen LogP contribution in [0.15, 0.2) is 47.6 Å². The number of aryl methyl sites for hydroxylation is 1. The highest BCUT2D eigenvalue weighted by Gasteiger charge is 2.21. The number of ether oxygens (including phenoxy) is 3. The van der Waals surface area contributed by atoms with Crippen molar-refractivity contribution >= 4 is 23.4 Å². The third-order valence-corrected chi connectivity index (χ3v) is 5.94. The summed E-state index contributed by atoms with van der Waals surface area (Å²) in [4.78, 5) is 12.7. The first-order valence-electron chi connectivity index (χ1n) is 11.1. The minimum Gasteiger partial charge on any atom is -0.497 e. The van der Waals surface area contributed by atoms with Crippen molar-refractivity contribution in [2.45, 2.75) is 45.5 Å². The topological polar surface area (TPSA) is 87.5 Å². The fraction of sp³-hybridized carbons (Fsp3) is 0.400. The number of amides is 1. The first-order chi connectivity index (χ1) is 16.3. The number of nitrogens with zero attached hydrogens (tertiary/aromatic N) is 3. The Hall–Kier alpha value is -3.20. The lowest BCUT2D eigenvalue weighted by molar-refractivity contribution is -0.113. The lowest BCUT2D eigenvalue weighted by Gasteiger charge is -2.18. The first kappa shape index (κ1) is 25.4. The minimum absolute atomic E-state index is 0.143. The number of nitrogens with one attached hydrogen (secondary N) is 1. The second-order valence-corrected chi connectivity index (χ2v) is 9.27. The maximum Gasteiger partial charge on any atom is 0.234 e. The summed E-state index contributed by atoms with van der Waals surface area (Å²) in [6, 6.07) is 13.1. The Balaban J connectivity index is 1.72. The van der Waals surface area contributed by atoms with Gasteiger partial charge in [-0.25, -0.2) is 0 Å². The van der Waals surface area contributed by atoms with Crippen LogP contribution in [0.5, 0.6) is 17.2 Å². The van der Waals surface area contributed by atoms with Gasteiger partial charge in [-0.3, -0.25) is 4.79 Å². The Bertz CT molecular complexity index is 1120. The summed E-state index contributed by atoms with van der Waals surface area (Å²) >= 11 is 1.35. The fourth-order valence-corrected chi connectivity index (χ4v) is 4.17. The zero-order valence-electron chi connectivity index (χ0n) is 20.5. The average molecular weight is 485 g/mol. The molecule has 0 aliphatic carbocycles.